The molecule has 1 fully saturated rings. The van der Waals surface area contributed by atoms with Crippen LogP contribution in [0, 0.1) is 5.82 Å². The van der Waals surface area contributed by atoms with Crippen molar-refractivity contribution in [2.75, 3.05) is 0 Å². The highest BCUT2D eigenvalue weighted by molar-refractivity contribution is 6.47. The highest BCUT2D eigenvalue weighted by Gasteiger charge is 2.54. The highest BCUT2D eigenvalue weighted by Crippen LogP contribution is 2.44. The number of benzene rings is 1. The Morgan fingerprint density at radius 3 is 2.26 bits per heavy atom. The molecule has 2 nitrogen and oxygen atoms in total. The molecule has 0 amide bonds. The van der Waals surface area contributed by atoms with E-state index >= 15 is 0 Å². The van der Waals surface area contributed by atoms with Crippen LogP contribution < -0.4 is 0 Å². The van der Waals surface area contributed by atoms with Crippen molar-refractivity contribution in [3.63, 3.8) is 0 Å². The van der Waals surface area contributed by atoms with Gasteiger partial charge in [-0.3, -0.25) is 0 Å². The van der Waals surface area contributed by atoms with Gasteiger partial charge in [-0.05, 0) is 63.8 Å². The zero-order chi connectivity index (χ0) is 13.8. The van der Waals surface area contributed by atoms with E-state index in [0.717, 1.165) is 18.4 Å². The maximum atomic E-state index is 13.2. The predicted molar refractivity (Wildman–Crippen MR) is 73.6 cm³/mol. The lowest BCUT2D eigenvalue weighted by atomic mass is 9.70. The largest absolute Gasteiger partial charge is 0.461 e. The molecule has 0 radical (unpaired) electrons. The minimum absolute atomic E-state index is 0.159. The van der Waals surface area contributed by atoms with Crippen LogP contribution in [0.2, 0.25) is 5.82 Å². The molecule has 1 unspecified atom stereocenters. The molecule has 0 N–H and O–H groups in total. The minimum atomic E-state index is -0.294. The standard InChI is InChI=1S/C15H20BFO2/c1-14(2)15(3,4)19-16(18-14)12-7-10-5-6-13(17)9-11(10)8-12/h5-6,9,12H,7-8H2,1-4H3. The summed E-state index contributed by atoms with van der Waals surface area (Å²) in [7, 11) is -0.194. The molecule has 0 saturated carbocycles. The number of rotatable bonds is 1. The number of hydrogen-bond donors (Lipinski definition) is 0. The molecular formula is C15H20BFO2. The van der Waals surface area contributed by atoms with E-state index in [1.165, 1.54) is 11.6 Å². The van der Waals surface area contributed by atoms with Crippen molar-refractivity contribution in [3.05, 3.63) is 35.1 Å². The molecule has 1 aromatic rings. The smallest absolute Gasteiger partial charge is 0.403 e. The second-order valence-corrected chi connectivity index (χ2v) is 6.71. The summed E-state index contributed by atoms with van der Waals surface area (Å²) < 4.78 is 25.4. The first kappa shape index (κ1) is 13.1. The summed E-state index contributed by atoms with van der Waals surface area (Å²) in [6.07, 6.45) is 1.75. The van der Waals surface area contributed by atoms with Crippen LogP contribution in [0.4, 0.5) is 4.39 Å². The third kappa shape index (κ3) is 2.11. The van der Waals surface area contributed by atoms with E-state index in [0.29, 0.717) is 0 Å². The van der Waals surface area contributed by atoms with E-state index in [4.69, 9.17) is 9.31 Å². The fraction of sp³-hybridized carbons (Fsp3) is 0.600. The number of halogens is 1. The summed E-state index contributed by atoms with van der Waals surface area (Å²) in [4.78, 5) is 0. The van der Waals surface area contributed by atoms with Gasteiger partial charge in [0.05, 0.1) is 11.2 Å². The van der Waals surface area contributed by atoms with Gasteiger partial charge >= 0.3 is 7.12 Å². The molecule has 1 aliphatic heterocycles. The third-order valence-electron chi connectivity index (χ3n) is 4.79. The Kier molecular flexibility index (Phi) is 2.81. The van der Waals surface area contributed by atoms with E-state index in [1.54, 1.807) is 6.07 Å². The minimum Gasteiger partial charge on any atom is -0.403 e. The van der Waals surface area contributed by atoms with Gasteiger partial charge in [-0.2, -0.15) is 0 Å². The molecule has 1 aromatic carbocycles. The van der Waals surface area contributed by atoms with Gasteiger partial charge in [0, 0.05) is 5.82 Å². The zero-order valence-corrected chi connectivity index (χ0v) is 12.0. The molecule has 3 rings (SSSR count). The Labute approximate surface area is 114 Å². The van der Waals surface area contributed by atoms with Crippen molar-refractivity contribution in [1.82, 2.24) is 0 Å². The van der Waals surface area contributed by atoms with Crippen molar-refractivity contribution in [1.29, 1.82) is 0 Å². The van der Waals surface area contributed by atoms with Crippen LogP contribution in [0.3, 0.4) is 0 Å². The highest BCUT2D eigenvalue weighted by atomic mass is 19.1. The SMILES string of the molecule is CC1(C)OB(C2Cc3ccc(F)cc3C2)OC1(C)C. The molecule has 1 saturated heterocycles. The van der Waals surface area contributed by atoms with E-state index in [1.807, 2.05) is 6.07 Å². The summed E-state index contributed by atoms with van der Waals surface area (Å²) in [6, 6.07) is 5.06. The monoisotopic (exact) mass is 262 g/mol. The Hall–Kier alpha value is -0.865. The van der Waals surface area contributed by atoms with Gasteiger partial charge in [-0.15, -0.1) is 0 Å². The van der Waals surface area contributed by atoms with Gasteiger partial charge < -0.3 is 9.31 Å². The molecule has 0 bridgehead atoms. The molecular weight excluding hydrogens is 242 g/mol. The van der Waals surface area contributed by atoms with Gasteiger partial charge in [-0.1, -0.05) is 6.07 Å². The molecule has 0 aromatic heterocycles. The Bertz CT molecular complexity index is 497. The topological polar surface area (TPSA) is 18.5 Å². The normalized spacial score (nSPS) is 27.6. The van der Waals surface area contributed by atoms with E-state index in [9.17, 15) is 4.39 Å². The van der Waals surface area contributed by atoms with Crippen LogP contribution in [-0.4, -0.2) is 18.3 Å². The van der Waals surface area contributed by atoms with Crippen LogP contribution in [0.1, 0.15) is 38.8 Å². The fourth-order valence-electron chi connectivity index (χ4n) is 2.89. The number of hydrogen-bond acceptors (Lipinski definition) is 2. The van der Waals surface area contributed by atoms with Crippen molar-refractivity contribution in [2.45, 2.75) is 57.6 Å². The van der Waals surface area contributed by atoms with Gasteiger partial charge in [0.25, 0.3) is 0 Å². The lowest BCUT2D eigenvalue weighted by Crippen LogP contribution is -2.41. The van der Waals surface area contributed by atoms with Gasteiger partial charge in [-0.25, -0.2) is 4.39 Å². The fourth-order valence-corrected chi connectivity index (χ4v) is 2.89. The van der Waals surface area contributed by atoms with Crippen LogP contribution in [-0.2, 0) is 22.2 Å². The van der Waals surface area contributed by atoms with Gasteiger partial charge in [0.2, 0.25) is 0 Å². The quantitative estimate of drug-likeness (QED) is 0.722. The van der Waals surface area contributed by atoms with E-state index in [-0.39, 0.29) is 30.0 Å². The lowest BCUT2D eigenvalue weighted by molar-refractivity contribution is 0.00578. The van der Waals surface area contributed by atoms with Crippen molar-refractivity contribution >= 4 is 7.12 Å². The molecule has 1 atom stereocenters. The van der Waals surface area contributed by atoms with E-state index in [2.05, 4.69) is 27.7 Å². The van der Waals surface area contributed by atoms with Crippen molar-refractivity contribution in [3.8, 4) is 0 Å². The molecule has 0 spiro atoms. The summed E-state index contributed by atoms with van der Waals surface area (Å²) in [5, 5.41) is 0. The Balaban J connectivity index is 1.78. The first-order chi connectivity index (χ1) is 8.78. The first-order valence-corrected chi connectivity index (χ1v) is 6.91. The first-order valence-electron chi connectivity index (χ1n) is 6.91. The number of fused-ring (bicyclic) bond motifs is 1. The molecule has 19 heavy (non-hydrogen) atoms. The third-order valence-corrected chi connectivity index (χ3v) is 4.79. The summed E-state index contributed by atoms with van der Waals surface area (Å²) in [6.45, 7) is 8.26. The average Bonchev–Trinajstić information content (AvgIpc) is 2.78. The Morgan fingerprint density at radius 2 is 1.63 bits per heavy atom. The maximum absolute atomic E-state index is 13.2. The summed E-state index contributed by atoms with van der Waals surface area (Å²) >= 11 is 0. The Morgan fingerprint density at radius 1 is 1.05 bits per heavy atom. The predicted octanol–water partition coefficient (Wildman–Crippen LogP) is 3.39. The second kappa shape index (κ2) is 4.06. The van der Waals surface area contributed by atoms with Crippen molar-refractivity contribution < 1.29 is 13.7 Å². The lowest BCUT2D eigenvalue weighted by Gasteiger charge is -2.32. The van der Waals surface area contributed by atoms with Crippen LogP contribution in [0.15, 0.2) is 18.2 Å². The maximum Gasteiger partial charge on any atom is 0.461 e. The van der Waals surface area contributed by atoms with Crippen LogP contribution >= 0.6 is 0 Å². The van der Waals surface area contributed by atoms with Crippen LogP contribution in [0.25, 0.3) is 0 Å². The molecule has 102 valence electrons. The van der Waals surface area contributed by atoms with Gasteiger partial charge in [0.1, 0.15) is 5.82 Å². The van der Waals surface area contributed by atoms with Crippen LogP contribution in [0.5, 0.6) is 0 Å². The van der Waals surface area contributed by atoms with Crippen molar-refractivity contribution in [2.24, 2.45) is 0 Å². The molecule has 4 heteroatoms. The summed E-state index contributed by atoms with van der Waals surface area (Å²) in [5.41, 5.74) is 1.73. The average molecular weight is 262 g/mol. The zero-order valence-electron chi connectivity index (χ0n) is 12.0. The second-order valence-electron chi connectivity index (χ2n) is 6.71. The van der Waals surface area contributed by atoms with E-state index < -0.39 is 0 Å². The molecule has 1 heterocycles. The summed E-state index contributed by atoms with van der Waals surface area (Å²) in [5.74, 6) is 0.131. The molecule has 1 aliphatic carbocycles. The molecule has 2 aliphatic rings. The van der Waals surface area contributed by atoms with Gasteiger partial charge in [0.15, 0.2) is 0 Å².